The second kappa shape index (κ2) is 6.22. The van der Waals surface area contributed by atoms with E-state index >= 15 is 0 Å². The molecule has 1 aromatic carbocycles. The molecule has 0 radical (unpaired) electrons. The first-order valence-electron chi connectivity index (χ1n) is 7.18. The summed E-state index contributed by atoms with van der Waals surface area (Å²) in [6.45, 7) is 2.77. The quantitative estimate of drug-likeness (QED) is 0.669. The van der Waals surface area contributed by atoms with Gasteiger partial charge in [-0.1, -0.05) is 29.3 Å². The van der Waals surface area contributed by atoms with Crippen LogP contribution in [0.3, 0.4) is 0 Å². The van der Waals surface area contributed by atoms with Gasteiger partial charge in [-0.2, -0.15) is 0 Å². The van der Waals surface area contributed by atoms with Gasteiger partial charge in [-0.05, 0) is 30.7 Å². The lowest BCUT2D eigenvalue weighted by Gasteiger charge is -2.04. The second-order valence-corrected chi connectivity index (χ2v) is 5.97. The Balaban J connectivity index is 2.35. The van der Waals surface area contributed by atoms with Crippen LogP contribution in [0.15, 0.2) is 41.5 Å². The smallest absolute Gasteiger partial charge is 0.261 e. The first-order valence-corrected chi connectivity index (χ1v) is 7.93. The molecule has 0 spiro atoms. The molecular formula is C17H14Cl2N2O2. The van der Waals surface area contributed by atoms with Gasteiger partial charge in [0.15, 0.2) is 0 Å². The van der Waals surface area contributed by atoms with Crippen molar-refractivity contribution >= 4 is 40.4 Å². The average Bonchev–Trinajstić information content (AvgIpc) is 2.92. The number of aldehydes is 1. The third-order valence-corrected chi connectivity index (χ3v) is 4.59. The highest BCUT2D eigenvalue weighted by molar-refractivity contribution is 6.42. The molecule has 2 heterocycles. The van der Waals surface area contributed by atoms with Crippen molar-refractivity contribution in [1.82, 2.24) is 9.13 Å². The highest BCUT2D eigenvalue weighted by atomic mass is 35.5. The number of benzene rings is 1. The number of rotatable bonds is 4. The summed E-state index contributed by atoms with van der Waals surface area (Å²) in [5.74, 6) is 0. The van der Waals surface area contributed by atoms with Gasteiger partial charge in [0.25, 0.3) is 5.56 Å². The normalized spacial score (nSPS) is 11.1. The lowest BCUT2D eigenvalue weighted by Crippen LogP contribution is -2.20. The number of hydrogen-bond acceptors (Lipinski definition) is 2. The van der Waals surface area contributed by atoms with Crippen molar-refractivity contribution in [1.29, 1.82) is 0 Å². The summed E-state index contributed by atoms with van der Waals surface area (Å²) in [6.07, 6.45) is 4.28. The fourth-order valence-electron chi connectivity index (χ4n) is 2.72. The number of nitrogens with zero attached hydrogens (tertiary/aromatic N) is 2. The molecule has 6 heteroatoms. The lowest BCUT2D eigenvalue weighted by atomic mass is 10.1. The summed E-state index contributed by atoms with van der Waals surface area (Å²) in [4.78, 5) is 23.5. The highest BCUT2D eigenvalue weighted by Gasteiger charge is 2.15. The number of pyridine rings is 1. The van der Waals surface area contributed by atoms with Gasteiger partial charge in [0.2, 0.25) is 0 Å². The maximum atomic E-state index is 12.7. The highest BCUT2D eigenvalue weighted by Crippen LogP contribution is 2.32. The number of aryl methyl sites for hydroxylation is 1. The van der Waals surface area contributed by atoms with E-state index in [0.717, 1.165) is 23.2 Å². The summed E-state index contributed by atoms with van der Waals surface area (Å²) in [5.41, 5.74) is 2.24. The van der Waals surface area contributed by atoms with Crippen molar-refractivity contribution in [3.63, 3.8) is 0 Å². The van der Waals surface area contributed by atoms with Crippen LogP contribution in [0.25, 0.3) is 22.0 Å². The molecule has 0 saturated carbocycles. The predicted octanol–water partition coefficient (Wildman–Crippen LogP) is 4.00. The third kappa shape index (κ3) is 2.69. The van der Waals surface area contributed by atoms with Gasteiger partial charge in [-0.3, -0.25) is 4.79 Å². The number of fused-ring (bicyclic) bond motifs is 1. The minimum Gasteiger partial charge on any atom is -0.347 e. The summed E-state index contributed by atoms with van der Waals surface area (Å²) in [6, 6.07) is 7.14. The van der Waals surface area contributed by atoms with Gasteiger partial charge in [0.05, 0.1) is 27.5 Å². The van der Waals surface area contributed by atoms with E-state index in [9.17, 15) is 9.59 Å². The fraction of sp³-hybridized carbons (Fsp3) is 0.176. The van der Waals surface area contributed by atoms with Crippen LogP contribution < -0.4 is 5.56 Å². The zero-order chi connectivity index (χ0) is 16.6. The van der Waals surface area contributed by atoms with E-state index in [-0.39, 0.29) is 12.1 Å². The summed E-state index contributed by atoms with van der Waals surface area (Å²) < 4.78 is 3.40. The largest absolute Gasteiger partial charge is 0.347 e. The molecule has 2 aromatic heterocycles. The summed E-state index contributed by atoms with van der Waals surface area (Å²) in [7, 11) is 0. The van der Waals surface area contributed by atoms with Gasteiger partial charge in [-0.25, -0.2) is 0 Å². The van der Waals surface area contributed by atoms with Crippen molar-refractivity contribution in [3.05, 3.63) is 57.1 Å². The van der Waals surface area contributed by atoms with Crippen molar-refractivity contribution in [2.75, 3.05) is 0 Å². The molecule has 0 amide bonds. The molecule has 0 aliphatic carbocycles. The molecule has 0 saturated heterocycles. The van der Waals surface area contributed by atoms with Crippen molar-refractivity contribution in [3.8, 4) is 11.1 Å². The van der Waals surface area contributed by atoms with E-state index < -0.39 is 0 Å². The van der Waals surface area contributed by atoms with E-state index in [4.69, 9.17) is 23.2 Å². The van der Waals surface area contributed by atoms with Gasteiger partial charge in [0.1, 0.15) is 6.29 Å². The number of hydrogen-bond donors (Lipinski definition) is 0. The van der Waals surface area contributed by atoms with E-state index in [0.29, 0.717) is 21.7 Å². The Morgan fingerprint density at radius 3 is 2.57 bits per heavy atom. The van der Waals surface area contributed by atoms with Gasteiger partial charge >= 0.3 is 0 Å². The minimum atomic E-state index is -0.192. The molecule has 0 unspecified atom stereocenters. The van der Waals surface area contributed by atoms with Crippen molar-refractivity contribution in [2.45, 2.75) is 20.0 Å². The number of halogens is 2. The molecular weight excluding hydrogens is 335 g/mol. The van der Waals surface area contributed by atoms with Crippen LogP contribution in [-0.4, -0.2) is 15.4 Å². The Bertz CT molecular complexity index is 957. The average molecular weight is 349 g/mol. The van der Waals surface area contributed by atoms with E-state index in [1.165, 1.54) is 4.57 Å². The second-order valence-electron chi connectivity index (χ2n) is 5.16. The Labute approximate surface area is 142 Å². The monoisotopic (exact) mass is 348 g/mol. The lowest BCUT2D eigenvalue weighted by molar-refractivity contribution is -0.108. The molecule has 3 rings (SSSR count). The van der Waals surface area contributed by atoms with Gasteiger partial charge in [-0.15, -0.1) is 0 Å². The molecule has 23 heavy (non-hydrogen) atoms. The zero-order valence-electron chi connectivity index (χ0n) is 12.4. The van der Waals surface area contributed by atoms with Gasteiger partial charge in [0, 0.05) is 24.5 Å². The maximum Gasteiger partial charge on any atom is 0.261 e. The number of carbonyl (C=O) groups excluding carboxylic acids is 1. The number of aromatic nitrogens is 2. The van der Waals surface area contributed by atoms with Crippen LogP contribution in [0, 0.1) is 0 Å². The number of carbonyl (C=O) groups is 1. The van der Waals surface area contributed by atoms with Crippen LogP contribution in [0.4, 0.5) is 0 Å². The molecule has 0 atom stereocenters. The van der Waals surface area contributed by atoms with Crippen LogP contribution in [0.5, 0.6) is 0 Å². The summed E-state index contributed by atoms with van der Waals surface area (Å²) >= 11 is 12.1. The SMILES string of the molecule is CCn1cc(-c2ccc(Cl)c(Cl)c2)c2c(=O)n(CC=O)ccc21. The molecule has 0 N–H and O–H groups in total. The molecule has 4 nitrogen and oxygen atoms in total. The topological polar surface area (TPSA) is 44.0 Å². The van der Waals surface area contributed by atoms with E-state index in [2.05, 4.69) is 0 Å². The van der Waals surface area contributed by atoms with Crippen molar-refractivity contribution in [2.24, 2.45) is 0 Å². The van der Waals surface area contributed by atoms with E-state index in [1.54, 1.807) is 18.3 Å². The summed E-state index contributed by atoms with van der Waals surface area (Å²) in [5, 5.41) is 1.48. The molecule has 118 valence electrons. The molecule has 0 bridgehead atoms. The minimum absolute atomic E-state index is 0.0346. The first kappa shape index (κ1) is 15.8. The molecule has 0 fully saturated rings. The predicted molar refractivity (Wildman–Crippen MR) is 93.4 cm³/mol. The maximum absolute atomic E-state index is 12.7. The molecule has 0 aliphatic heterocycles. The first-order chi connectivity index (χ1) is 11.1. The van der Waals surface area contributed by atoms with E-state index in [1.807, 2.05) is 29.8 Å². The van der Waals surface area contributed by atoms with Crippen LogP contribution in [-0.2, 0) is 17.9 Å². The van der Waals surface area contributed by atoms with Crippen LogP contribution in [0.2, 0.25) is 10.0 Å². The Kier molecular flexibility index (Phi) is 4.28. The Morgan fingerprint density at radius 1 is 1.13 bits per heavy atom. The molecule has 3 aromatic rings. The standard InChI is InChI=1S/C17H14Cl2N2O2/c1-2-20-10-12(11-3-4-13(18)14(19)9-11)16-15(20)5-6-21(7-8-22)17(16)23/h3-6,8-10H,2,7H2,1H3. The van der Waals surface area contributed by atoms with Crippen LogP contribution in [0.1, 0.15) is 6.92 Å². The fourth-order valence-corrected chi connectivity index (χ4v) is 3.01. The Hall–Kier alpha value is -2.04. The zero-order valence-corrected chi connectivity index (χ0v) is 13.9. The van der Waals surface area contributed by atoms with Gasteiger partial charge < -0.3 is 13.9 Å². The van der Waals surface area contributed by atoms with Crippen molar-refractivity contribution < 1.29 is 4.79 Å². The third-order valence-electron chi connectivity index (χ3n) is 3.85. The Morgan fingerprint density at radius 2 is 1.91 bits per heavy atom. The van der Waals surface area contributed by atoms with Crippen LogP contribution >= 0.6 is 23.2 Å². The molecule has 0 aliphatic rings.